The number of aryl methyl sites for hydroxylation is 1. The van der Waals surface area contributed by atoms with E-state index in [2.05, 4.69) is 61.9 Å². The summed E-state index contributed by atoms with van der Waals surface area (Å²) in [6.07, 6.45) is 2.40. The van der Waals surface area contributed by atoms with Gasteiger partial charge in [0, 0.05) is 25.2 Å². The van der Waals surface area contributed by atoms with Crippen LogP contribution in [0.15, 0.2) is 24.3 Å². The zero-order valence-electron chi connectivity index (χ0n) is 14.0. The maximum absolute atomic E-state index is 6.42. The van der Waals surface area contributed by atoms with E-state index in [0.29, 0.717) is 12.1 Å². The summed E-state index contributed by atoms with van der Waals surface area (Å²) in [4.78, 5) is 5.13. The SMILES string of the molecule is CCC1CN(C)CCCN1C(c1ccccc1C)C(C)N. The minimum absolute atomic E-state index is 0.142. The first-order chi connectivity index (χ1) is 10.0. The van der Waals surface area contributed by atoms with Crippen molar-refractivity contribution in [1.82, 2.24) is 9.80 Å². The Morgan fingerprint density at radius 2 is 2.00 bits per heavy atom. The van der Waals surface area contributed by atoms with Gasteiger partial charge < -0.3 is 10.6 Å². The predicted octanol–water partition coefficient (Wildman–Crippen LogP) is 2.80. The van der Waals surface area contributed by atoms with Crippen LogP contribution >= 0.6 is 0 Å². The van der Waals surface area contributed by atoms with Gasteiger partial charge in [-0.1, -0.05) is 31.2 Å². The number of likely N-dealkylation sites (N-methyl/N-ethyl adjacent to an activating group) is 1. The standard InChI is InChI=1S/C18H31N3/c1-5-16-13-20(4)11-8-12-21(16)18(15(3)19)17-10-7-6-9-14(17)2/h6-7,9-10,15-16,18H,5,8,11-13,19H2,1-4H3. The van der Waals surface area contributed by atoms with E-state index in [0.717, 1.165) is 13.1 Å². The molecule has 1 fully saturated rings. The van der Waals surface area contributed by atoms with Gasteiger partial charge in [0.25, 0.3) is 0 Å². The molecule has 1 aromatic carbocycles. The highest BCUT2D eigenvalue weighted by Crippen LogP contribution is 2.30. The predicted molar refractivity (Wildman–Crippen MR) is 90.5 cm³/mol. The van der Waals surface area contributed by atoms with Crippen LogP contribution in [0.2, 0.25) is 0 Å². The molecule has 0 amide bonds. The van der Waals surface area contributed by atoms with Crippen molar-refractivity contribution in [1.29, 1.82) is 0 Å². The fraction of sp³-hybridized carbons (Fsp3) is 0.667. The highest BCUT2D eigenvalue weighted by atomic mass is 15.3. The van der Waals surface area contributed by atoms with E-state index in [1.807, 2.05) is 0 Å². The van der Waals surface area contributed by atoms with Crippen molar-refractivity contribution in [2.24, 2.45) is 5.73 Å². The molecule has 1 aliphatic rings. The van der Waals surface area contributed by atoms with Crippen LogP contribution in [0.4, 0.5) is 0 Å². The van der Waals surface area contributed by atoms with Crippen LogP contribution in [0.5, 0.6) is 0 Å². The van der Waals surface area contributed by atoms with Crippen molar-refractivity contribution < 1.29 is 0 Å². The molecule has 21 heavy (non-hydrogen) atoms. The normalized spacial score (nSPS) is 24.5. The molecule has 0 radical (unpaired) electrons. The van der Waals surface area contributed by atoms with Gasteiger partial charge >= 0.3 is 0 Å². The van der Waals surface area contributed by atoms with Gasteiger partial charge in [-0.3, -0.25) is 4.90 Å². The van der Waals surface area contributed by atoms with Crippen LogP contribution in [0.3, 0.4) is 0 Å². The fourth-order valence-corrected chi connectivity index (χ4v) is 3.67. The topological polar surface area (TPSA) is 32.5 Å². The summed E-state index contributed by atoms with van der Waals surface area (Å²) < 4.78 is 0. The van der Waals surface area contributed by atoms with Crippen molar-refractivity contribution in [3.63, 3.8) is 0 Å². The molecular weight excluding hydrogens is 258 g/mol. The van der Waals surface area contributed by atoms with Crippen LogP contribution < -0.4 is 5.73 Å². The Balaban J connectivity index is 2.34. The van der Waals surface area contributed by atoms with Gasteiger partial charge in [-0.2, -0.15) is 0 Å². The first-order valence-corrected chi connectivity index (χ1v) is 8.30. The second kappa shape index (κ2) is 7.39. The van der Waals surface area contributed by atoms with Crippen LogP contribution in [0.1, 0.15) is 43.9 Å². The number of nitrogens with two attached hydrogens (primary N) is 1. The maximum atomic E-state index is 6.42. The Morgan fingerprint density at radius 1 is 1.29 bits per heavy atom. The van der Waals surface area contributed by atoms with Gasteiger partial charge in [-0.15, -0.1) is 0 Å². The van der Waals surface area contributed by atoms with E-state index in [1.165, 1.54) is 30.5 Å². The van der Waals surface area contributed by atoms with Gasteiger partial charge in [0.15, 0.2) is 0 Å². The average molecular weight is 289 g/mol. The lowest BCUT2D eigenvalue weighted by molar-refractivity contribution is 0.113. The lowest BCUT2D eigenvalue weighted by atomic mass is 9.93. The molecule has 1 aliphatic heterocycles. The van der Waals surface area contributed by atoms with E-state index >= 15 is 0 Å². The van der Waals surface area contributed by atoms with Crippen LogP contribution in [-0.2, 0) is 0 Å². The number of benzene rings is 1. The minimum atomic E-state index is 0.142. The molecule has 118 valence electrons. The molecule has 2 N–H and O–H groups in total. The number of nitrogens with zero attached hydrogens (tertiary/aromatic N) is 2. The first kappa shape index (κ1) is 16.5. The summed E-state index contributed by atoms with van der Waals surface area (Å²) in [5.74, 6) is 0. The molecule has 0 bridgehead atoms. The minimum Gasteiger partial charge on any atom is -0.326 e. The molecule has 3 unspecified atom stereocenters. The quantitative estimate of drug-likeness (QED) is 0.925. The highest BCUT2D eigenvalue weighted by molar-refractivity contribution is 5.30. The molecule has 0 spiro atoms. The second-order valence-corrected chi connectivity index (χ2v) is 6.58. The van der Waals surface area contributed by atoms with Crippen molar-refractivity contribution in [3.8, 4) is 0 Å². The zero-order chi connectivity index (χ0) is 15.4. The fourth-order valence-electron chi connectivity index (χ4n) is 3.67. The summed E-state index contributed by atoms with van der Waals surface area (Å²) in [6, 6.07) is 9.77. The van der Waals surface area contributed by atoms with Crippen LogP contribution in [0.25, 0.3) is 0 Å². The molecule has 2 rings (SSSR count). The lowest BCUT2D eigenvalue weighted by Crippen LogP contribution is -2.47. The molecule has 3 heteroatoms. The summed E-state index contributed by atoms with van der Waals surface area (Å²) in [7, 11) is 2.24. The van der Waals surface area contributed by atoms with E-state index in [4.69, 9.17) is 5.73 Å². The zero-order valence-corrected chi connectivity index (χ0v) is 14.0. The van der Waals surface area contributed by atoms with Gasteiger partial charge in [-0.25, -0.2) is 0 Å². The summed E-state index contributed by atoms with van der Waals surface area (Å²) in [5, 5.41) is 0. The second-order valence-electron chi connectivity index (χ2n) is 6.58. The molecule has 1 saturated heterocycles. The molecule has 0 aliphatic carbocycles. The Bertz CT molecular complexity index is 444. The molecule has 3 atom stereocenters. The molecular formula is C18H31N3. The third kappa shape index (κ3) is 3.85. The maximum Gasteiger partial charge on any atom is 0.0502 e. The van der Waals surface area contributed by atoms with Gasteiger partial charge in [-0.05, 0) is 51.4 Å². The Hall–Kier alpha value is -0.900. The van der Waals surface area contributed by atoms with Gasteiger partial charge in [0.1, 0.15) is 0 Å². The number of hydrogen-bond acceptors (Lipinski definition) is 3. The third-order valence-electron chi connectivity index (χ3n) is 4.78. The monoisotopic (exact) mass is 289 g/mol. The van der Waals surface area contributed by atoms with E-state index in [9.17, 15) is 0 Å². The van der Waals surface area contributed by atoms with Crippen molar-refractivity contribution in [2.45, 2.75) is 51.7 Å². The van der Waals surface area contributed by atoms with E-state index in [1.54, 1.807) is 0 Å². The van der Waals surface area contributed by atoms with Crippen LogP contribution in [0, 0.1) is 6.92 Å². The first-order valence-electron chi connectivity index (χ1n) is 8.30. The van der Waals surface area contributed by atoms with Crippen molar-refractivity contribution in [2.75, 3.05) is 26.7 Å². The summed E-state index contributed by atoms with van der Waals surface area (Å²) in [5.41, 5.74) is 9.17. The third-order valence-corrected chi connectivity index (χ3v) is 4.78. The molecule has 1 heterocycles. The van der Waals surface area contributed by atoms with E-state index in [-0.39, 0.29) is 6.04 Å². The molecule has 0 saturated carbocycles. The van der Waals surface area contributed by atoms with Gasteiger partial charge in [0.2, 0.25) is 0 Å². The van der Waals surface area contributed by atoms with Crippen LogP contribution in [-0.4, -0.2) is 48.6 Å². The smallest absolute Gasteiger partial charge is 0.0502 e. The van der Waals surface area contributed by atoms with Gasteiger partial charge in [0.05, 0.1) is 6.04 Å². The van der Waals surface area contributed by atoms with Crippen molar-refractivity contribution in [3.05, 3.63) is 35.4 Å². The van der Waals surface area contributed by atoms with E-state index < -0.39 is 0 Å². The molecule has 1 aromatic rings. The number of rotatable bonds is 4. The Labute approximate surface area is 130 Å². The summed E-state index contributed by atoms with van der Waals surface area (Å²) in [6.45, 7) is 10.1. The Morgan fingerprint density at radius 3 is 2.62 bits per heavy atom. The number of hydrogen-bond donors (Lipinski definition) is 1. The average Bonchev–Trinajstić information content (AvgIpc) is 2.63. The highest BCUT2D eigenvalue weighted by Gasteiger charge is 2.31. The lowest BCUT2D eigenvalue weighted by Gasteiger charge is -2.40. The Kier molecular flexibility index (Phi) is 5.80. The molecule has 0 aromatic heterocycles. The molecule has 3 nitrogen and oxygen atoms in total. The van der Waals surface area contributed by atoms with Crippen molar-refractivity contribution >= 4 is 0 Å². The largest absolute Gasteiger partial charge is 0.326 e. The summed E-state index contributed by atoms with van der Waals surface area (Å²) >= 11 is 0.